The third kappa shape index (κ3) is 2.30. The summed E-state index contributed by atoms with van der Waals surface area (Å²) in [5.74, 6) is 2.50. The molecule has 14 heavy (non-hydrogen) atoms. The second kappa shape index (κ2) is 4.84. The van der Waals surface area contributed by atoms with Crippen molar-refractivity contribution in [1.82, 2.24) is 9.78 Å². The highest BCUT2D eigenvalue weighted by molar-refractivity contribution is 7.99. The maximum absolute atomic E-state index is 5.47. The molecule has 0 aliphatic carbocycles. The predicted molar refractivity (Wildman–Crippen MR) is 60.6 cm³/mol. The minimum Gasteiger partial charge on any atom is -0.330 e. The molecule has 0 spiro atoms. The lowest BCUT2D eigenvalue weighted by molar-refractivity contribution is 0.501. The molecule has 4 heteroatoms. The summed E-state index contributed by atoms with van der Waals surface area (Å²) in [7, 11) is 0. The van der Waals surface area contributed by atoms with Crippen molar-refractivity contribution in [2.45, 2.75) is 25.3 Å². The summed E-state index contributed by atoms with van der Waals surface area (Å²) in [6, 6.07) is 0.631. The lowest BCUT2D eigenvalue weighted by Crippen LogP contribution is -2.07. The lowest BCUT2D eigenvalue weighted by Gasteiger charge is -2.07. The van der Waals surface area contributed by atoms with Crippen LogP contribution in [0, 0.1) is 0 Å². The summed E-state index contributed by atoms with van der Waals surface area (Å²) >= 11 is 2.02. The molecule has 2 N–H and O–H groups in total. The standard InChI is InChI=1S/C10H17N3S/c11-4-1-2-9-6-12-13(7-9)10-3-5-14-8-10/h6-7,10H,1-5,8,11H2. The zero-order valence-corrected chi connectivity index (χ0v) is 9.17. The molecule has 2 heterocycles. The fourth-order valence-electron chi connectivity index (χ4n) is 1.74. The van der Waals surface area contributed by atoms with Crippen molar-refractivity contribution >= 4 is 11.8 Å². The molecule has 1 fully saturated rings. The van der Waals surface area contributed by atoms with Gasteiger partial charge < -0.3 is 5.73 Å². The molecule has 3 nitrogen and oxygen atoms in total. The van der Waals surface area contributed by atoms with Crippen molar-refractivity contribution in [2.24, 2.45) is 5.73 Å². The lowest BCUT2D eigenvalue weighted by atomic mass is 10.2. The third-order valence-electron chi connectivity index (χ3n) is 2.60. The minimum absolute atomic E-state index is 0.631. The van der Waals surface area contributed by atoms with Gasteiger partial charge in [-0.05, 0) is 37.1 Å². The number of hydrogen-bond acceptors (Lipinski definition) is 3. The first kappa shape index (κ1) is 10.1. The minimum atomic E-state index is 0.631. The summed E-state index contributed by atoms with van der Waals surface area (Å²) in [4.78, 5) is 0. The molecule has 1 aliphatic heterocycles. The van der Waals surface area contributed by atoms with Crippen LogP contribution in [0.5, 0.6) is 0 Å². The van der Waals surface area contributed by atoms with Gasteiger partial charge in [0.25, 0.3) is 0 Å². The normalized spacial score (nSPS) is 21.6. The predicted octanol–water partition coefficient (Wildman–Crippen LogP) is 1.45. The molecule has 0 aromatic carbocycles. The molecule has 0 amide bonds. The van der Waals surface area contributed by atoms with E-state index >= 15 is 0 Å². The highest BCUT2D eigenvalue weighted by Gasteiger charge is 2.17. The molecule has 1 saturated heterocycles. The van der Waals surface area contributed by atoms with Gasteiger partial charge in [-0.3, -0.25) is 4.68 Å². The Kier molecular flexibility index (Phi) is 3.48. The van der Waals surface area contributed by atoms with Gasteiger partial charge in [0.15, 0.2) is 0 Å². The van der Waals surface area contributed by atoms with Crippen LogP contribution in [0.1, 0.15) is 24.4 Å². The van der Waals surface area contributed by atoms with E-state index < -0.39 is 0 Å². The topological polar surface area (TPSA) is 43.8 Å². The largest absolute Gasteiger partial charge is 0.330 e. The summed E-state index contributed by atoms with van der Waals surface area (Å²) in [6.07, 6.45) is 7.56. The van der Waals surface area contributed by atoms with Gasteiger partial charge >= 0.3 is 0 Å². The van der Waals surface area contributed by atoms with E-state index in [-0.39, 0.29) is 0 Å². The van der Waals surface area contributed by atoms with Crippen LogP contribution in [-0.4, -0.2) is 27.8 Å². The number of aromatic nitrogens is 2. The van der Waals surface area contributed by atoms with Gasteiger partial charge in [-0.25, -0.2) is 0 Å². The van der Waals surface area contributed by atoms with Crippen LogP contribution in [0.2, 0.25) is 0 Å². The van der Waals surface area contributed by atoms with Crippen molar-refractivity contribution in [2.75, 3.05) is 18.1 Å². The third-order valence-corrected chi connectivity index (χ3v) is 3.75. The van der Waals surface area contributed by atoms with Crippen LogP contribution in [-0.2, 0) is 6.42 Å². The van der Waals surface area contributed by atoms with E-state index in [1.165, 1.54) is 23.5 Å². The van der Waals surface area contributed by atoms with E-state index in [9.17, 15) is 0 Å². The maximum atomic E-state index is 5.47. The van der Waals surface area contributed by atoms with Crippen LogP contribution in [0.25, 0.3) is 0 Å². The average Bonchev–Trinajstić information content (AvgIpc) is 2.85. The Morgan fingerprint density at radius 2 is 2.57 bits per heavy atom. The van der Waals surface area contributed by atoms with Crippen LogP contribution >= 0.6 is 11.8 Å². The smallest absolute Gasteiger partial charge is 0.0617 e. The maximum Gasteiger partial charge on any atom is 0.0617 e. The molecule has 78 valence electrons. The number of hydrogen-bond donors (Lipinski definition) is 1. The van der Waals surface area contributed by atoms with Crippen molar-refractivity contribution in [3.8, 4) is 0 Å². The monoisotopic (exact) mass is 211 g/mol. The molecule has 1 unspecified atom stereocenters. The van der Waals surface area contributed by atoms with Gasteiger partial charge in [0.05, 0.1) is 12.2 Å². The van der Waals surface area contributed by atoms with Gasteiger partial charge in [-0.2, -0.15) is 16.9 Å². The van der Waals surface area contributed by atoms with Crippen LogP contribution in [0.15, 0.2) is 12.4 Å². The van der Waals surface area contributed by atoms with Gasteiger partial charge in [-0.1, -0.05) is 0 Å². The Hall–Kier alpha value is -0.480. The Labute approximate surface area is 89.1 Å². The molecule has 0 bridgehead atoms. The first-order chi connectivity index (χ1) is 6.90. The average molecular weight is 211 g/mol. The van der Waals surface area contributed by atoms with Gasteiger partial charge in [0.1, 0.15) is 0 Å². The van der Waals surface area contributed by atoms with Crippen molar-refractivity contribution in [1.29, 1.82) is 0 Å². The number of nitrogens with two attached hydrogens (primary N) is 1. The van der Waals surface area contributed by atoms with E-state index in [4.69, 9.17) is 5.73 Å². The number of thioether (sulfide) groups is 1. The summed E-state index contributed by atoms with van der Waals surface area (Å²) < 4.78 is 2.13. The van der Waals surface area contributed by atoms with Crippen LogP contribution in [0.4, 0.5) is 0 Å². The Balaban J connectivity index is 1.94. The molecule has 1 aliphatic rings. The van der Waals surface area contributed by atoms with Crippen LogP contribution < -0.4 is 5.73 Å². The highest BCUT2D eigenvalue weighted by Crippen LogP contribution is 2.27. The first-order valence-corrected chi connectivity index (χ1v) is 6.36. The van der Waals surface area contributed by atoms with Crippen molar-refractivity contribution in [3.05, 3.63) is 18.0 Å². The summed E-state index contributed by atoms with van der Waals surface area (Å²) in [6.45, 7) is 0.768. The Bertz CT molecular complexity index is 279. The van der Waals surface area contributed by atoms with Gasteiger partial charge in [0.2, 0.25) is 0 Å². The molecule has 1 aromatic rings. The quantitative estimate of drug-likeness (QED) is 0.820. The zero-order valence-electron chi connectivity index (χ0n) is 8.35. The van der Waals surface area contributed by atoms with E-state index in [1.54, 1.807) is 0 Å². The molecular weight excluding hydrogens is 194 g/mol. The fourth-order valence-corrected chi connectivity index (χ4v) is 2.94. The van der Waals surface area contributed by atoms with Gasteiger partial charge in [-0.15, -0.1) is 0 Å². The zero-order chi connectivity index (χ0) is 9.80. The fraction of sp³-hybridized carbons (Fsp3) is 0.700. The molecular formula is C10H17N3S. The summed E-state index contributed by atoms with van der Waals surface area (Å²) in [5, 5.41) is 4.41. The second-order valence-corrected chi connectivity index (χ2v) is 4.89. The molecule has 2 rings (SSSR count). The molecule has 1 atom stereocenters. The first-order valence-electron chi connectivity index (χ1n) is 5.21. The SMILES string of the molecule is NCCCc1cnn(C2CCSC2)c1. The Morgan fingerprint density at radius 1 is 1.64 bits per heavy atom. The molecule has 1 aromatic heterocycles. The van der Waals surface area contributed by atoms with E-state index in [0.29, 0.717) is 6.04 Å². The molecule has 0 radical (unpaired) electrons. The van der Waals surface area contributed by atoms with E-state index in [1.807, 2.05) is 18.0 Å². The number of aryl methyl sites for hydroxylation is 1. The van der Waals surface area contributed by atoms with Gasteiger partial charge in [0, 0.05) is 11.9 Å². The van der Waals surface area contributed by atoms with E-state index in [0.717, 1.165) is 19.4 Å². The second-order valence-electron chi connectivity index (χ2n) is 3.74. The highest BCUT2D eigenvalue weighted by atomic mass is 32.2. The number of nitrogens with zero attached hydrogens (tertiary/aromatic N) is 2. The molecule has 0 saturated carbocycles. The van der Waals surface area contributed by atoms with E-state index in [2.05, 4.69) is 16.0 Å². The summed E-state index contributed by atoms with van der Waals surface area (Å²) in [5.41, 5.74) is 6.80. The van der Waals surface area contributed by atoms with Crippen molar-refractivity contribution in [3.63, 3.8) is 0 Å². The van der Waals surface area contributed by atoms with Crippen molar-refractivity contribution < 1.29 is 0 Å². The number of rotatable bonds is 4. The van der Waals surface area contributed by atoms with Crippen LogP contribution in [0.3, 0.4) is 0 Å². The Morgan fingerprint density at radius 3 is 3.29 bits per heavy atom.